The van der Waals surface area contributed by atoms with Gasteiger partial charge in [-0.1, -0.05) is 36.4 Å². The van der Waals surface area contributed by atoms with Gasteiger partial charge in [0.05, 0.1) is 6.20 Å². The summed E-state index contributed by atoms with van der Waals surface area (Å²) in [6, 6.07) is 17.6. The first-order chi connectivity index (χ1) is 9.43. The molecule has 4 nitrogen and oxygen atoms in total. The Labute approximate surface area is 111 Å². The van der Waals surface area contributed by atoms with Gasteiger partial charge in [0.2, 0.25) is 5.88 Å². The fourth-order valence-electron chi connectivity index (χ4n) is 1.78. The van der Waals surface area contributed by atoms with Crippen LogP contribution in [0, 0.1) is 0 Å². The van der Waals surface area contributed by atoms with Crippen molar-refractivity contribution in [2.45, 2.75) is 6.61 Å². The highest BCUT2D eigenvalue weighted by atomic mass is 16.5. The van der Waals surface area contributed by atoms with Crippen LogP contribution in [0.15, 0.2) is 67.0 Å². The predicted molar refractivity (Wildman–Crippen MR) is 72.1 cm³/mol. The largest absolute Gasteiger partial charge is 0.473 e. The fraction of sp³-hybridized carbons (Fsp3) is 0.0667. The van der Waals surface area contributed by atoms with E-state index < -0.39 is 0 Å². The number of ether oxygens (including phenoxy) is 1. The molecule has 0 unspecified atom stereocenters. The summed E-state index contributed by atoms with van der Waals surface area (Å²) in [5, 5.41) is 4.23. The maximum absolute atomic E-state index is 5.78. The van der Waals surface area contributed by atoms with Crippen molar-refractivity contribution in [3.05, 3.63) is 72.6 Å². The zero-order valence-electron chi connectivity index (χ0n) is 10.3. The molecule has 0 amide bonds. The van der Waals surface area contributed by atoms with Crippen LogP contribution in [0.4, 0.5) is 0 Å². The molecule has 3 aromatic rings. The molecule has 0 bridgehead atoms. The van der Waals surface area contributed by atoms with Gasteiger partial charge < -0.3 is 4.74 Å². The average Bonchev–Trinajstić information content (AvgIpc) is 2.95. The SMILES string of the molecule is c1ccc(COc2ccnn2-c2ccccn2)cc1. The summed E-state index contributed by atoms with van der Waals surface area (Å²) in [5.41, 5.74) is 1.12. The molecule has 0 aliphatic heterocycles. The molecule has 0 spiro atoms. The first kappa shape index (κ1) is 11.5. The van der Waals surface area contributed by atoms with E-state index in [4.69, 9.17) is 4.74 Å². The maximum Gasteiger partial charge on any atom is 0.218 e. The Hall–Kier alpha value is -2.62. The Morgan fingerprint density at radius 1 is 0.895 bits per heavy atom. The first-order valence-corrected chi connectivity index (χ1v) is 6.05. The highest BCUT2D eigenvalue weighted by Crippen LogP contribution is 2.16. The van der Waals surface area contributed by atoms with Crippen LogP contribution in [-0.4, -0.2) is 14.8 Å². The lowest BCUT2D eigenvalue weighted by Gasteiger charge is -2.08. The first-order valence-electron chi connectivity index (χ1n) is 6.05. The van der Waals surface area contributed by atoms with Gasteiger partial charge >= 0.3 is 0 Å². The number of benzene rings is 1. The van der Waals surface area contributed by atoms with Crippen molar-refractivity contribution in [3.63, 3.8) is 0 Å². The summed E-state index contributed by atoms with van der Waals surface area (Å²) in [6.45, 7) is 0.513. The fourth-order valence-corrected chi connectivity index (χ4v) is 1.78. The van der Waals surface area contributed by atoms with Crippen molar-refractivity contribution in [1.29, 1.82) is 0 Å². The number of nitrogens with zero attached hydrogens (tertiary/aromatic N) is 3. The van der Waals surface area contributed by atoms with Crippen molar-refractivity contribution < 1.29 is 4.74 Å². The van der Waals surface area contributed by atoms with E-state index >= 15 is 0 Å². The lowest BCUT2D eigenvalue weighted by atomic mass is 10.2. The quantitative estimate of drug-likeness (QED) is 0.715. The van der Waals surface area contributed by atoms with Crippen molar-refractivity contribution in [2.24, 2.45) is 0 Å². The lowest BCUT2D eigenvalue weighted by molar-refractivity contribution is 0.284. The van der Waals surface area contributed by atoms with Gasteiger partial charge in [0.15, 0.2) is 5.82 Å². The molecule has 94 valence electrons. The van der Waals surface area contributed by atoms with Crippen molar-refractivity contribution in [2.75, 3.05) is 0 Å². The number of rotatable bonds is 4. The molecule has 1 aromatic carbocycles. The van der Waals surface area contributed by atoms with Crippen LogP contribution in [0.1, 0.15) is 5.56 Å². The molecule has 19 heavy (non-hydrogen) atoms. The number of hydrogen-bond acceptors (Lipinski definition) is 3. The Balaban J connectivity index is 1.78. The van der Waals surface area contributed by atoms with Crippen molar-refractivity contribution >= 4 is 0 Å². The number of aromatic nitrogens is 3. The predicted octanol–water partition coefficient (Wildman–Crippen LogP) is 2.85. The van der Waals surface area contributed by atoms with Gasteiger partial charge in [-0.3, -0.25) is 0 Å². The van der Waals surface area contributed by atoms with Crippen LogP contribution in [-0.2, 0) is 6.61 Å². The summed E-state index contributed by atoms with van der Waals surface area (Å²) in [6.07, 6.45) is 3.44. The van der Waals surface area contributed by atoms with Crippen LogP contribution in [0.2, 0.25) is 0 Å². The highest BCUT2D eigenvalue weighted by Gasteiger charge is 2.06. The van der Waals surface area contributed by atoms with E-state index in [0.717, 1.165) is 11.4 Å². The minimum Gasteiger partial charge on any atom is -0.473 e. The van der Waals surface area contributed by atoms with E-state index in [0.29, 0.717) is 12.5 Å². The minimum absolute atomic E-state index is 0.513. The molecular weight excluding hydrogens is 238 g/mol. The van der Waals surface area contributed by atoms with Crippen LogP contribution in [0.3, 0.4) is 0 Å². The van der Waals surface area contributed by atoms with Crippen LogP contribution < -0.4 is 4.74 Å². The normalized spacial score (nSPS) is 10.3. The van der Waals surface area contributed by atoms with E-state index in [1.165, 1.54) is 0 Å². The van der Waals surface area contributed by atoms with E-state index in [2.05, 4.69) is 10.1 Å². The molecule has 0 fully saturated rings. The molecular formula is C15H13N3O. The van der Waals surface area contributed by atoms with Crippen molar-refractivity contribution in [1.82, 2.24) is 14.8 Å². The molecule has 0 aliphatic rings. The third-order valence-electron chi connectivity index (χ3n) is 2.70. The van der Waals surface area contributed by atoms with Gasteiger partial charge in [0.25, 0.3) is 0 Å². The summed E-state index contributed by atoms with van der Waals surface area (Å²) in [4.78, 5) is 4.26. The zero-order chi connectivity index (χ0) is 12.9. The molecule has 0 N–H and O–H groups in total. The van der Waals surface area contributed by atoms with Gasteiger partial charge in [-0.25, -0.2) is 4.98 Å². The van der Waals surface area contributed by atoms with Gasteiger partial charge in [0.1, 0.15) is 6.61 Å². The second-order valence-corrected chi connectivity index (χ2v) is 4.04. The van der Waals surface area contributed by atoms with E-state index in [-0.39, 0.29) is 0 Å². The second-order valence-electron chi connectivity index (χ2n) is 4.04. The summed E-state index contributed by atoms with van der Waals surface area (Å²) < 4.78 is 7.46. The van der Waals surface area contributed by atoms with E-state index in [1.54, 1.807) is 17.1 Å². The minimum atomic E-state index is 0.513. The van der Waals surface area contributed by atoms with Gasteiger partial charge in [-0.05, 0) is 17.7 Å². The average molecular weight is 251 g/mol. The molecule has 0 radical (unpaired) electrons. The molecule has 0 aliphatic carbocycles. The van der Waals surface area contributed by atoms with E-state index in [1.807, 2.05) is 54.6 Å². The van der Waals surface area contributed by atoms with Gasteiger partial charge in [-0.15, -0.1) is 0 Å². The van der Waals surface area contributed by atoms with Gasteiger partial charge in [0, 0.05) is 12.3 Å². The second kappa shape index (κ2) is 5.35. The smallest absolute Gasteiger partial charge is 0.218 e. The lowest BCUT2D eigenvalue weighted by Crippen LogP contribution is -2.04. The standard InChI is InChI=1S/C15H13N3O/c1-2-6-13(7-3-1)12-19-15-9-11-17-18(15)14-8-4-5-10-16-14/h1-11H,12H2. The zero-order valence-corrected chi connectivity index (χ0v) is 10.3. The molecule has 3 rings (SSSR count). The summed E-state index contributed by atoms with van der Waals surface area (Å²) in [5.74, 6) is 1.43. The molecule has 0 saturated carbocycles. The number of pyridine rings is 1. The van der Waals surface area contributed by atoms with Crippen LogP contribution in [0.25, 0.3) is 5.82 Å². The van der Waals surface area contributed by atoms with Crippen LogP contribution in [0.5, 0.6) is 5.88 Å². The third kappa shape index (κ3) is 2.63. The Morgan fingerprint density at radius 2 is 1.74 bits per heavy atom. The Bertz CT molecular complexity index is 635. The van der Waals surface area contributed by atoms with Crippen molar-refractivity contribution in [3.8, 4) is 11.7 Å². The van der Waals surface area contributed by atoms with E-state index in [9.17, 15) is 0 Å². The Kier molecular flexibility index (Phi) is 3.23. The third-order valence-corrected chi connectivity index (χ3v) is 2.70. The molecule has 4 heteroatoms. The monoisotopic (exact) mass is 251 g/mol. The molecule has 2 aromatic heterocycles. The molecule has 0 saturated heterocycles. The van der Waals surface area contributed by atoms with Gasteiger partial charge in [-0.2, -0.15) is 9.78 Å². The van der Waals surface area contributed by atoms with Crippen LogP contribution >= 0.6 is 0 Å². The molecule has 0 atom stereocenters. The number of hydrogen-bond donors (Lipinski definition) is 0. The maximum atomic E-state index is 5.78. The summed E-state index contributed by atoms with van der Waals surface area (Å²) >= 11 is 0. The topological polar surface area (TPSA) is 39.9 Å². The molecule has 2 heterocycles. The Morgan fingerprint density at radius 3 is 2.53 bits per heavy atom. The summed E-state index contributed by atoms with van der Waals surface area (Å²) in [7, 11) is 0. The highest BCUT2D eigenvalue weighted by molar-refractivity contribution is 5.27.